The number of aromatic nitrogens is 2. The molecule has 2 unspecified atom stereocenters. The maximum atomic E-state index is 14.6. The third-order valence-corrected chi connectivity index (χ3v) is 6.80. The second-order valence-electron chi connectivity index (χ2n) is 8.55. The van der Waals surface area contributed by atoms with Gasteiger partial charge in [-0.15, -0.1) is 0 Å². The summed E-state index contributed by atoms with van der Waals surface area (Å²) in [6.07, 6.45) is -0.634. The van der Waals surface area contributed by atoms with Gasteiger partial charge >= 0.3 is 6.09 Å². The van der Waals surface area contributed by atoms with Crippen molar-refractivity contribution in [3.05, 3.63) is 40.6 Å². The van der Waals surface area contributed by atoms with Crippen LogP contribution in [0.4, 0.5) is 19.5 Å². The summed E-state index contributed by atoms with van der Waals surface area (Å²) < 4.78 is 34.4. The van der Waals surface area contributed by atoms with Gasteiger partial charge in [-0.25, -0.2) is 14.8 Å². The summed E-state index contributed by atoms with van der Waals surface area (Å²) in [5.74, 6) is -2.75. The lowest BCUT2D eigenvalue weighted by molar-refractivity contribution is -0.00603. The van der Waals surface area contributed by atoms with Crippen LogP contribution in [0.2, 0.25) is 0 Å². The fraction of sp³-hybridized carbons (Fsp3) is 0.476. The Morgan fingerprint density at radius 3 is 2.93 bits per heavy atom. The molecule has 6 rings (SSSR count). The van der Waals surface area contributed by atoms with E-state index in [1.807, 2.05) is 25.1 Å². The van der Waals surface area contributed by atoms with Crippen molar-refractivity contribution < 1.29 is 23.4 Å². The molecule has 156 valence electrons. The quantitative estimate of drug-likeness (QED) is 0.785. The molecule has 2 N–H and O–H groups in total. The van der Waals surface area contributed by atoms with Crippen molar-refractivity contribution in [2.24, 2.45) is 0 Å². The second kappa shape index (κ2) is 5.87. The summed E-state index contributed by atoms with van der Waals surface area (Å²) in [6.45, 7) is 2.15. The van der Waals surface area contributed by atoms with Gasteiger partial charge in [-0.1, -0.05) is 12.1 Å². The molecule has 1 amide bonds. The average molecular weight is 414 g/mol. The van der Waals surface area contributed by atoms with Crippen molar-refractivity contribution in [3.8, 4) is 11.3 Å². The van der Waals surface area contributed by atoms with Crippen LogP contribution >= 0.6 is 0 Å². The molecule has 1 aromatic heterocycles. The maximum absolute atomic E-state index is 14.6. The first-order valence-corrected chi connectivity index (χ1v) is 10.2. The smallest absolute Gasteiger partial charge is 0.408 e. The SMILES string of the molecule is C[C@H]1[C@H](O)CN1c1nc(-c2ccc3c(c2)CC2OC(=O)NC32)c2c(n1)C(F)(F)CC2. The summed E-state index contributed by atoms with van der Waals surface area (Å²) in [4.78, 5) is 22.1. The maximum Gasteiger partial charge on any atom is 0.408 e. The first kappa shape index (κ1) is 18.0. The van der Waals surface area contributed by atoms with Gasteiger partial charge in [0.05, 0.1) is 23.9 Å². The van der Waals surface area contributed by atoms with Crippen LogP contribution in [-0.4, -0.2) is 46.0 Å². The number of nitrogens with one attached hydrogen (secondary N) is 1. The summed E-state index contributed by atoms with van der Waals surface area (Å²) in [6, 6.07) is 5.36. The Morgan fingerprint density at radius 1 is 1.33 bits per heavy atom. The standard InChI is InChI=1S/C21H20F2N4O3/c1-9-14(28)8-27(9)19-24-16(13-4-5-21(22,23)18(13)26-19)10-2-3-12-11(6-10)7-15-17(12)25-20(29)30-15/h2-3,6,9,14-15,17,28H,4-5,7-8H2,1H3,(H,25,29)/t9-,14+,15?,17?/m0/s1. The number of alkyl halides is 2. The summed E-state index contributed by atoms with van der Waals surface area (Å²) in [7, 11) is 0. The normalized spacial score (nSPS) is 30.3. The molecule has 2 aliphatic heterocycles. The van der Waals surface area contributed by atoms with E-state index in [0.717, 1.165) is 16.7 Å². The first-order valence-electron chi connectivity index (χ1n) is 10.2. The van der Waals surface area contributed by atoms with Gasteiger partial charge in [-0.05, 0) is 30.5 Å². The average Bonchev–Trinajstić information content (AvgIpc) is 3.34. The number of hydrogen-bond acceptors (Lipinski definition) is 6. The lowest BCUT2D eigenvalue weighted by atomic mass is 9.99. The molecular weight excluding hydrogens is 394 g/mol. The molecule has 2 fully saturated rings. The zero-order chi connectivity index (χ0) is 20.8. The van der Waals surface area contributed by atoms with E-state index in [2.05, 4.69) is 15.3 Å². The Morgan fingerprint density at radius 2 is 2.17 bits per heavy atom. The Hall–Kier alpha value is -2.81. The molecule has 0 bridgehead atoms. The Labute approximate surface area is 171 Å². The lowest BCUT2D eigenvalue weighted by Crippen LogP contribution is -2.59. The van der Waals surface area contributed by atoms with Crippen molar-refractivity contribution in [2.45, 2.75) is 56.4 Å². The van der Waals surface area contributed by atoms with Crippen LogP contribution in [0.3, 0.4) is 0 Å². The highest BCUT2D eigenvalue weighted by Crippen LogP contribution is 2.46. The highest BCUT2D eigenvalue weighted by Gasteiger charge is 2.46. The molecule has 3 heterocycles. The summed E-state index contributed by atoms with van der Waals surface area (Å²) >= 11 is 0. The number of aliphatic hydroxyl groups excluding tert-OH is 1. The number of β-amino-alcohol motifs (C(OH)–C–C–N with tert-alkyl or cyclic N) is 1. The van der Waals surface area contributed by atoms with E-state index in [1.165, 1.54) is 0 Å². The van der Waals surface area contributed by atoms with E-state index < -0.39 is 18.1 Å². The van der Waals surface area contributed by atoms with Gasteiger partial charge in [0.2, 0.25) is 5.95 Å². The molecule has 7 nitrogen and oxygen atoms in total. The molecular formula is C21H20F2N4O3. The number of alkyl carbamates (subject to hydrolysis) is 1. The minimum Gasteiger partial charge on any atom is -0.443 e. The number of benzene rings is 1. The molecule has 30 heavy (non-hydrogen) atoms. The first-order chi connectivity index (χ1) is 14.3. The number of carbonyl (C=O) groups excluding carboxylic acids is 1. The van der Waals surface area contributed by atoms with Gasteiger partial charge in [0.1, 0.15) is 11.8 Å². The van der Waals surface area contributed by atoms with Crippen molar-refractivity contribution >= 4 is 12.0 Å². The van der Waals surface area contributed by atoms with Crippen molar-refractivity contribution in [2.75, 3.05) is 11.4 Å². The largest absolute Gasteiger partial charge is 0.443 e. The van der Waals surface area contributed by atoms with E-state index in [0.29, 0.717) is 24.2 Å². The number of hydrogen-bond donors (Lipinski definition) is 2. The molecule has 4 aliphatic rings. The van der Waals surface area contributed by atoms with Gasteiger partial charge in [-0.3, -0.25) is 0 Å². The second-order valence-corrected chi connectivity index (χ2v) is 8.55. The number of carbonyl (C=O) groups is 1. The number of rotatable bonds is 2. The monoisotopic (exact) mass is 414 g/mol. The number of ether oxygens (including phenoxy) is 1. The topological polar surface area (TPSA) is 87.6 Å². The third kappa shape index (κ3) is 2.41. The van der Waals surface area contributed by atoms with E-state index in [-0.39, 0.29) is 42.7 Å². The Kier molecular flexibility index (Phi) is 3.52. The van der Waals surface area contributed by atoms with E-state index in [1.54, 1.807) is 4.90 Å². The fourth-order valence-electron chi connectivity index (χ4n) is 4.98. The zero-order valence-corrected chi connectivity index (χ0v) is 16.2. The van der Waals surface area contributed by atoms with Gasteiger partial charge in [0.25, 0.3) is 5.92 Å². The van der Waals surface area contributed by atoms with Crippen LogP contribution in [0.15, 0.2) is 18.2 Å². The van der Waals surface area contributed by atoms with Crippen LogP contribution in [-0.2, 0) is 23.5 Å². The number of halogens is 2. The van der Waals surface area contributed by atoms with E-state index in [4.69, 9.17) is 4.74 Å². The van der Waals surface area contributed by atoms with Gasteiger partial charge in [-0.2, -0.15) is 8.78 Å². The molecule has 9 heteroatoms. The van der Waals surface area contributed by atoms with Crippen molar-refractivity contribution in [3.63, 3.8) is 0 Å². The Balaban J connectivity index is 1.45. The number of aliphatic hydroxyl groups is 1. The van der Waals surface area contributed by atoms with Gasteiger partial charge in [0, 0.05) is 30.5 Å². The summed E-state index contributed by atoms with van der Waals surface area (Å²) in [5, 5.41) is 12.7. The molecule has 0 saturated carbocycles. The van der Waals surface area contributed by atoms with Crippen LogP contribution in [0.5, 0.6) is 0 Å². The summed E-state index contributed by atoms with van der Waals surface area (Å²) in [5.41, 5.74) is 3.57. The van der Waals surface area contributed by atoms with Crippen LogP contribution in [0.25, 0.3) is 11.3 Å². The number of anilines is 1. The molecule has 1 aromatic carbocycles. The predicted octanol–water partition coefficient (Wildman–Crippen LogP) is 2.46. The Bertz CT molecular complexity index is 1090. The van der Waals surface area contributed by atoms with Crippen molar-refractivity contribution in [1.29, 1.82) is 0 Å². The number of fused-ring (bicyclic) bond motifs is 4. The fourth-order valence-corrected chi connectivity index (χ4v) is 4.98. The molecule has 4 atom stereocenters. The molecule has 0 spiro atoms. The number of amides is 1. The lowest BCUT2D eigenvalue weighted by Gasteiger charge is -2.43. The highest BCUT2D eigenvalue weighted by atomic mass is 19.3. The van der Waals surface area contributed by atoms with Crippen molar-refractivity contribution in [1.82, 2.24) is 15.3 Å². The predicted molar refractivity (Wildman–Crippen MR) is 102 cm³/mol. The third-order valence-electron chi connectivity index (χ3n) is 6.80. The van der Waals surface area contributed by atoms with Crippen LogP contribution in [0.1, 0.15) is 41.8 Å². The highest BCUT2D eigenvalue weighted by molar-refractivity contribution is 5.73. The van der Waals surface area contributed by atoms with Crippen LogP contribution in [0, 0.1) is 0 Å². The molecule has 2 aromatic rings. The van der Waals surface area contributed by atoms with E-state index >= 15 is 0 Å². The molecule has 2 aliphatic carbocycles. The van der Waals surface area contributed by atoms with Gasteiger partial charge in [0.15, 0.2) is 0 Å². The minimum atomic E-state index is -2.99. The van der Waals surface area contributed by atoms with Crippen LogP contribution < -0.4 is 10.2 Å². The van der Waals surface area contributed by atoms with E-state index in [9.17, 15) is 18.7 Å². The van der Waals surface area contributed by atoms with Gasteiger partial charge < -0.3 is 20.1 Å². The number of nitrogens with zero attached hydrogens (tertiary/aromatic N) is 3. The minimum absolute atomic E-state index is 0.166. The zero-order valence-electron chi connectivity index (χ0n) is 16.2. The molecule has 2 saturated heterocycles. The molecule has 0 radical (unpaired) electrons.